The summed E-state index contributed by atoms with van der Waals surface area (Å²) >= 11 is 0. The van der Waals surface area contributed by atoms with Crippen molar-refractivity contribution in [2.75, 3.05) is 19.7 Å². The predicted octanol–water partition coefficient (Wildman–Crippen LogP) is 3.36. The minimum absolute atomic E-state index is 0.0210. The molecule has 5 atom stereocenters. The quantitative estimate of drug-likeness (QED) is 0.0485. The van der Waals surface area contributed by atoms with Crippen LogP contribution >= 0.6 is 0 Å². The van der Waals surface area contributed by atoms with Crippen molar-refractivity contribution in [3.05, 3.63) is 32.6 Å². The van der Waals surface area contributed by atoms with E-state index >= 15 is 0 Å². The van der Waals surface area contributed by atoms with Crippen LogP contribution in [0.3, 0.4) is 0 Å². The Morgan fingerprint density at radius 2 is 1.45 bits per heavy atom. The highest BCUT2D eigenvalue weighted by Crippen LogP contribution is 2.30. The molecule has 1 fully saturated rings. The van der Waals surface area contributed by atoms with Crippen LogP contribution in [0.25, 0.3) is 0 Å². The molecule has 2 unspecified atom stereocenters. The maximum atomic E-state index is 14.7. The fourth-order valence-corrected chi connectivity index (χ4v) is 6.51. The van der Waals surface area contributed by atoms with Gasteiger partial charge in [-0.3, -0.25) is 33.5 Å². The second-order valence-electron chi connectivity index (χ2n) is 15.0. The van der Waals surface area contributed by atoms with Crippen LogP contribution in [0.1, 0.15) is 148 Å². The molecular weight excluding hydrogens is 759 g/mol. The van der Waals surface area contributed by atoms with Gasteiger partial charge in [0.15, 0.2) is 0 Å². The molecule has 2 heterocycles. The van der Waals surface area contributed by atoms with E-state index in [0.29, 0.717) is 25.8 Å². The summed E-state index contributed by atoms with van der Waals surface area (Å²) in [6, 6.07) is -2.39. The lowest BCUT2D eigenvalue weighted by Gasteiger charge is -2.19. The van der Waals surface area contributed by atoms with E-state index in [4.69, 9.17) is 9.47 Å². The SMILES string of the molecule is CCCCCCCCCCCCCC(=O)NCCCCC(NC(=O)CCNC(=O)CCC(NC(C)=O)C(=O)OC[C@H]1O[C@@H](n2cc(C)c(=O)[nH]c2=O)C[C@@H]1F)C(=O)O. The number of hydrogen-bond acceptors (Lipinski definition) is 10. The van der Waals surface area contributed by atoms with E-state index in [1.807, 2.05) is 0 Å². The first-order chi connectivity index (χ1) is 27.7. The third kappa shape index (κ3) is 20.2. The van der Waals surface area contributed by atoms with Gasteiger partial charge in [0.1, 0.15) is 37.2 Å². The van der Waals surface area contributed by atoms with Gasteiger partial charge in [-0.05, 0) is 39.0 Å². The predicted molar refractivity (Wildman–Crippen MR) is 212 cm³/mol. The molecular formula is C40H65FN6O11. The number of carbonyl (C=O) groups excluding carboxylic acids is 5. The Morgan fingerprint density at radius 3 is 2.09 bits per heavy atom. The molecule has 18 heteroatoms. The molecule has 1 aliphatic heterocycles. The smallest absolute Gasteiger partial charge is 0.330 e. The number of esters is 1. The molecule has 0 aromatic carbocycles. The number of ether oxygens (including phenoxy) is 2. The minimum Gasteiger partial charge on any atom is -0.480 e. The van der Waals surface area contributed by atoms with E-state index in [9.17, 15) is 47.9 Å². The van der Waals surface area contributed by atoms with Crippen LogP contribution in [0.5, 0.6) is 0 Å². The molecule has 1 aliphatic rings. The third-order valence-electron chi connectivity index (χ3n) is 9.89. The maximum absolute atomic E-state index is 14.7. The number of H-pyrrole nitrogens is 1. The standard InChI is InChI=1S/C40H65FN6O11/c1-4-5-6-7-8-9-10-11-12-13-14-18-33(49)42-22-16-15-17-30(38(53)54)45-35(51)21-23-43-34(50)20-19-31(44-28(3)48)39(55)57-26-32-29(41)24-36(58-32)47-25-27(2)37(52)46-40(47)56/h25,29-32,36H,4-24,26H2,1-3H3,(H,42,49)(H,43,50)(H,44,48)(H,45,51)(H,53,54)(H,46,52,56)/t29-,30?,31?,32+,36+/m0/s1. The molecule has 1 aromatic heterocycles. The summed E-state index contributed by atoms with van der Waals surface area (Å²) in [5.74, 6) is -3.89. The highest BCUT2D eigenvalue weighted by atomic mass is 19.1. The van der Waals surface area contributed by atoms with Gasteiger partial charge < -0.3 is 35.8 Å². The number of aryl methyl sites for hydroxylation is 1. The fourth-order valence-electron chi connectivity index (χ4n) is 6.51. The molecule has 328 valence electrons. The Balaban J connectivity index is 1.62. The summed E-state index contributed by atoms with van der Waals surface area (Å²) in [5, 5.41) is 19.8. The van der Waals surface area contributed by atoms with E-state index in [-0.39, 0.29) is 50.1 Å². The number of amides is 4. The summed E-state index contributed by atoms with van der Waals surface area (Å²) in [5.41, 5.74) is -1.15. The van der Waals surface area contributed by atoms with Crippen molar-refractivity contribution in [1.82, 2.24) is 30.8 Å². The van der Waals surface area contributed by atoms with Gasteiger partial charge in [0.2, 0.25) is 23.6 Å². The number of nitrogens with one attached hydrogen (secondary N) is 5. The van der Waals surface area contributed by atoms with E-state index in [2.05, 4.69) is 33.2 Å². The zero-order valence-corrected chi connectivity index (χ0v) is 34.4. The molecule has 58 heavy (non-hydrogen) atoms. The number of unbranched alkanes of at least 4 members (excludes halogenated alkanes) is 11. The van der Waals surface area contributed by atoms with Crippen LogP contribution in [0.4, 0.5) is 4.39 Å². The first-order valence-electron chi connectivity index (χ1n) is 20.8. The van der Waals surface area contributed by atoms with Crippen LogP contribution in [0.15, 0.2) is 15.8 Å². The second-order valence-corrected chi connectivity index (χ2v) is 15.0. The lowest BCUT2D eigenvalue weighted by molar-refractivity contribution is -0.153. The van der Waals surface area contributed by atoms with Gasteiger partial charge in [0.05, 0.1) is 0 Å². The van der Waals surface area contributed by atoms with E-state index < -0.39 is 78.1 Å². The van der Waals surface area contributed by atoms with Crippen molar-refractivity contribution >= 4 is 35.6 Å². The number of hydrogen-bond donors (Lipinski definition) is 6. The number of aliphatic carboxylic acids is 1. The van der Waals surface area contributed by atoms with Crippen LogP contribution in [0.2, 0.25) is 0 Å². The molecule has 0 saturated carbocycles. The molecule has 2 rings (SSSR count). The monoisotopic (exact) mass is 824 g/mol. The average Bonchev–Trinajstić information content (AvgIpc) is 3.54. The van der Waals surface area contributed by atoms with Gasteiger partial charge in [0.25, 0.3) is 5.56 Å². The van der Waals surface area contributed by atoms with Crippen molar-refractivity contribution in [2.45, 2.75) is 173 Å². The Bertz CT molecular complexity index is 1580. The van der Waals surface area contributed by atoms with Gasteiger partial charge in [-0.1, -0.05) is 71.1 Å². The number of aromatic amines is 1. The van der Waals surface area contributed by atoms with Crippen LogP contribution in [-0.4, -0.2) is 94.3 Å². The second kappa shape index (κ2) is 27.9. The molecule has 0 radical (unpaired) electrons. The number of carboxylic acid groups (broad SMARTS) is 1. The number of aromatic nitrogens is 2. The van der Waals surface area contributed by atoms with Crippen molar-refractivity contribution in [1.29, 1.82) is 0 Å². The number of carboxylic acids is 1. The topological polar surface area (TPSA) is 244 Å². The molecule has 1 saturated heterocycles. The summed E-state index contributed by atoms with van der Waals surface area (Å²) in [4.78, 5) is 99.3. The number of halogens is 1. The Hall–Kier alpha value is -4.61. The Morgan fingerprint density at radius 1 is 0.828 bits per heavy atom. The van der Waals surface area contributed by atoms with Crippen molar-refractivity contribution in [2.24, 2.45) is 0 Å². The molecule has 1 aromatic rings. The third-order valence-corrected chi connectivity index (χ3v) is 9.89. The summed E-state index contributed by atoms with van der Waals surface area (Å²) in [6.45, 7) is 4.61. The molecule has 0 bridgehead atoms. The van der Waals surface area contributed by atoms with Gasteiger partial charge in [-0.2, -0.15) is 0 Å². The van der Waals surface area contributed by atoms with Crippen LogP contribution < -0.4 is 32.5 Å². The van der Waals surface area contributed by atoms with E-state index in [0.717, 1.165) is 30.8 Å². The average molecular weight is 825 g/mol. The van der Waals surface area contributed by atoms with Gasteiger partial charge in [-0.25, -0.2) is 18.8 Å². The van der Waals surface area contributed by atoms with E-state index in [1.54, 1.807) is 0 Å². The van der Waals surface area contributed by atoms with Crippen molar-refractivity contribution in [3.63, 3.8) is 0 Å². The number of rotatable bonds is 30. The molecule has 4 amide bonds. The Kier molecular flexibility index (Phi) is 23.8. The number of nitrogens with zero attached hydrogens (tertiary/aromatic N) is 1. The lowest BCUT2D eigenvalue weighted by atomic mass is 10.1. The largest absolute Gasteiger partial charge is 0.480 e. The molecule has 0 aliphatic carbocycles. The maximum Gasteiger partial charge on any atom is 0.330 e. The van der Waals surface area contributed by atoms with Gasteiger partial charge in [0, 0.05) is 57.5 Å². The zero-order valence-electron chi connectivity index (χ0n) is 34.4. The summed E-state index contributed by atoms with van der Waals surface area (Å²) in [6.07, 6.45) is 11.4. The Labute approximate surface area is 339 Å². The van der Waals surface area contributed by atoms with Crippen LogP contribution in [-0.2, 0) is 38.2 Å². The minimum atomic E-state index is -1.61. The highest BCUT2D eigenvalue weighted by molar-refractivity contribution is 5.85. The summed E-state index contributed by atoms with van der Waals surface area (Å²) in [7, 11) is 0. The highest BCUT2D eigenvalue weighted by Gasteiger charge is 2.38. The fraction of sp³-hybridized carbons (Fsp3) is 0.750. The molecule has 6 N–H and O–H groups in total. The van der Waals surface area contributed by atoms with Gasteiger partial charge >= 0.3 is 17.6 Å². The summed E-state index contributed by atoms with van der Waals surface area (Å²) < 4.78 is 26.6. The lowest BCUT2D eigenvalue weighted by Crippen LogP contribution is -2.43. The normalized spacial score (nSPS) is 17.2. The molecule has 17 nitrogen and oxygen atoms in total. The first kappa shape index (κ1) is 49.5. The number of carbonyl (C=O) groups is 6. The van der Waals surface area contributed by atoms with Crippen molar-refractivity contribution < 1.29 is 47.7 Å². The first-order valence-corrected chi connectivity index (χ1v) is 20.8. The molecule has 0 spiro atoms. The van der Waals surface area contributed by atoms with Gasteiger partial charge in [-0.15, -0.1) is 0 Å². The number of alkyl halides is 1. The van der Waals surface area contributed by atoms with Crippen molar-refractivity contribution in [3.8, 4) is 0 Å². The zero-order chi connectivity index (χ0) is 42.9. The van der Waals surface area contributed by atoms with E-state index in [1.165, 1.54) is 64.5 Å². The van der Waals surface area contributed by atoms with Crippen LogP contribution in [0, 0.1) is 6.92 Å².